The number of carbonyl (C=O) groups is 1. The Morgan fingerprint density at radius 1 is 1.43 bits per heavy atom. The Morgan fingerprint density at radius 2 is 2.14 bits per heavy atom. The highest BCUT2D eigenvalue weighted by Crippen LogP contribution is 2.33. The van der Waals surface area contributed by atoms with Gasteiger partial charge >= 0.3 is 12.1 Å². The van der Waals surface area contributed by atoms with E-state index in [1.807, 2.05) is 0 Å². The second-order valence-electron chi connectivity index (χ2n) is 4.70. The minimum atomic E-state index is -4.69. The van der Waals surface area contributed by atoms with Crippen molar-refractivity contribution < 1.29 is 32.2 Å². The highest BCUT2D eigenvalue weighted by atomic mass is 19.4. The van der Waals surface area contributed by atoms with E-state index in [-0.39, 0.29) is 31.9 Å². The van der Waals surface area contributed by atoms with Gasteiger partial charge in [0.1, 0.15) is 11.9 Å². The van der Waals surface area contributed by atoms with Crippen LogP contribution in [0.15, 0.2) is 18.2 Å². The molecule has 1 N–H and O–H groups in total. The van der Waals surface area contributed by atoms with Gasteiger partial charge in [-0.25, -0.2) is 4.39 Å². The average Bonchev–Trinajstić information content (AvgIpc) is 2.40. The third-order valence-corrected chi connectivity index (χ3v) is 3.28. The molecule has 1 atom stereocenters. The fourth-order valence-corrected chi connectivity index (χ4v) is 2.22. The van der Waals surface area contributed by atoms with Crippen LogP contribution < -0.4 is 0 Å². The Kier molecular flexibility index (Phi) is 4.48. The number of morpholine rings is 1. The standard InChI is InChI=1S/C13H13F4NO3/c14-9-2-1-8(10(5-9)13(15,16)17)6-18-3-4-21-7-11(18)12(19)20/h1-2,5,11H,3-4,6-7H2,(H,19,20). The van der Waals surface area contributed by atoms with E-state index in [9.17, 15) is 22.4 Å². The van der Waals surface area contributed by atoms with E-state index in [4.69, 9.17) is 9.84 Å². The number of alkyl halides is 3. The molecular formula is C13H13F4NO3. The van der Waals surface area contributed by atoms with Crippen molar-refractivity contribution in [1.82, 2.24) is 4.90 Å². The van der Waals surface area contributed by atoms with Crippen molar-refractivity contribution in [2.45, 2.75) is 18.8 Å². The Balaban J connectivity index is 2.28. The van der Waals surface area contributed by atoms with Crippen LogP contribution in [0.4, 0.5) is 17.6 Å². The maximum Gasteiger partial charge on any atom is 0.416 e. The van der Waals surface area contributed by atoms with Crippen molar-refractivity contribution in [1.29, 1.82) is 0 Å². The third kappa shape index (κ3) is 3.70. The molecule has 0 saturated carbocycles. The van der Waals surface area contributed by atoms with Gasteiger partial charge in [0, 0.05) is 13.1 Å². The molecule has 0 radical (unpaired) electrons. The van der Waals surface area contributed by atoms with Crippen LogP contribution in [-0.4, -0.2) is 41.8 Å². The molecule has 21 heavy (non-hydrogen) atoms. The first kappa shape index (κ1) is 15.7. The molecule has 1 saturated heterocycles. The number of carboxylic acids is 1. The number of hydrogen-bond donors (Lipinski definition) is 1. The largest absolute Gasteiger partial charge is 0.480 e. The van der Waals surface area contributed by atoms with E-state index in [0.29, 0.717) is 6.07 Å². The molecule has 4 nitrogen and oxygen atoms in total. The second-order valence-corrected chi connectivity index (χ2v) is 4.70. The Morgan fingerprint density at radius 3 is 2.76 bits per heavy atom. The summed E-state index contributed by atoms with van der Waals surface area (Å²) in [7, 11) is 0. The minimum absolute atomic E-state index is 0.0854. The molecule has 1 aromatic carbocycles. The topological polar surface area (TPSA) is 49.8 Å². The fraction of sp³-hybridized carbons (Fsp3) is 0.462. The van der Waals surface area contributed by atoms with Crippen molar-refractivity contribution in [3.8, 4) is 0 Å². The van der Waals surface area contributed by atoms with Crippen molar-refractivity contribution in [3.63, 3.8) is 0 Å². The molecule has 0 aliphatic carbocycles. The average molecular weight is 307 g/mol. The lowest BCUT2D eigenvalue weighted by Crippen LogP contribution is -2.49. The zero-order valence-electron chi connectivity index (χ0n) is 10.9. The van der Waals surface area contributed by atoms with Gasteiger partial charge < -0.3 is 9.84 Å². The molecule has 116 valence electrons. The summed E-state index contributed by atoms with van der Waals surface area (Å²) in [5.74, 6) is -2.15. The molecule has 1 fully saturated rings. The summed E-state index contributed by atoms with van der Waals surface area (Å²) >= 11 is 0. The van der Waals surface area contributed by atoms with Crippen LogP contribution >= 0.6 is 0 Å². The summed E-state index contributed by atoms with van der Waals surface area (Å²) in [6.45, 7) is 0.130. The number of nitrogens with zero attached hydrogens (tertiary/aromatic N) is 1. The normalized spacial score (nSPS) is 20.5. The lowest BCUT2D eigenvalue weighted by Gasteiger charge is -2.33. The first-order chi connectivity index (χ1) is 9.79. The zero-order valence-corrected chi connectivity index (χ0v) is 10.9. The van der Waals surface area contributed by atoms with Crippen molar-refractivity contribution >= 4 is 5.97 Å². The van der Waals surface area contributed by atoms with E-state index >= 15 is 0 Å². The summed E-state index contributed by atoms with van der Waals surface area (Å²) in [5.41, 5.74) is -1.24. The molecule has 0 aromatic heterocycles. The van der Waals surface area contributed by atoms with Crippen LogP contribution in [0.25, 0.3) is 0 Å². The Hall–Kier alpha value is -1.67. The molecule has 1 unspecified atom stereocenters. The van der Waals surface area contributed by atoms with E-state index in [0.717, 1.165) is 12.1 Å². The van der Waals surface area contributed by atoms with Crippen LogP contribution in [-0.2, 0) is 22.3 Å². The Labute approximate surface area is 117 Å². The molecule has 1 heterocycles. The molecule has 0 bridgehead atoms. The fourth-order valence-electron chi connectivity index (χ4n) is 2.22. The molecular weight excluding hydrogens is 294 g/mol. The molecule has 8 heteroatoms. The van der Waals surface area contributed by atoms with E-state index < -0.39 is 29.6 Å². The number of rotatable bonds is 3. The molecule has 1 aliphatic rings. The summed E-state index contributed by atoms with van der Waals surface area (Å²) < 4.78 is 56.8. The van der Waals surface area contributed by atoms with Crippen molar-refractivity contribution in [2.24, 2.45) is 0 Å². The van der Waals surface area contributed by atoms with E-state index in [2.05, 4.69) is 0 Å². The molecule has 0 spiro atoms. The molecule has 2 rings (SSSR count). The number of aliphatic carboxylic acids is 1. The van der Waals surface area contributed by atoms with Crippen LogP contribution in [0, 0.1) is 5.82 Å². The molecule has 1 aromatic rings. The van der Waals surface area contributed by atoms with Gasteiger partial charge in [0.05, 0.1) is 18.8 Å². The van der Waals surface area contributed by atoms with Gasteiger partial charge in [-0.3, -0.25) is 9.69 Å². The first-order valence-electron chi connectivity index (χ1n) is 6.19. The van der Waals surface area contributed by atoms with Gasteiger partial charge in [0.15, 0.2) is 0 Å². The second kappa shape index (κ2) is 5.98. The summed E-state index contributed by atoms with van der Waals surface area (Å²) in [6, 6.07) is 1.38. The first-order valence-corrected chi connectivity index (χ1v) is 6.19. The van der Waals surface area contributed by atoms with E-state index in [1.54, 1.807) is 0 Å². The van der Waals surface area contributed by atoms with Gasteiger partial charge in [-0.2, -0.15) is 13.2 Å². The number of halogens is 4. The van der Waals surface area contributed by atoms with E-state index in [1.165, 1.54) is 4.90 Å². The molecule has 1 aliphatic heterocycles. The Bertz CT molecular complexity index is 533. The van der Waals surface area contributed by atoms with Crippen LogP contribution in [0.2, 0.25) is 0 Å². The monoisotopic (exact) mass is 307 g/mol. The quantitative estimate of drug-likeness (QED) is 0.869. The van der Waals surface area contributed by atoms with Gasteiger partial charge in [0.2, 0.25) is 0 Å². The highest BCUT2D eigenvalue weighted by molar-refractivity contribution is 5.73. The van der Waals surface area contributed by atoms with Crippen LogP contribution in [0.3, 0.4) is 0 Å². The number of hydrogen-bond acceptors (Lipinski definition) is 3. The van der Waals surface area contributed by atoms with Gasteiger partial charge in [-0.15, -0.1) is 0 Å². The number of ether oxygens (including phenoxy) is 1. The number of benzene rings is 1. The predicted octanol–water partition coefficient (Wildman–Crippen LogP) is 2.13. The smallest absolute Gasteiger partial charge is 0.416 e. The predicted molar refractivity (Wildman–Crippen MR) is 64.1 cm³/mol. The SMILES string of the molecule is O=C(O)C1COCCN1Cc1ccc(F)cc1C(F)(F)F. The van der Waals surface area contributed by atoms with Crippen LogP contribution in [0.5, 0.6) is 0 Å². The third-order valence-electron chi connectivity index (χ3n) is 3.28. The maximum atomic E-state index is 13.0. The van der Waals surface area contributed by atoms with Gasteiger partial charge in [-0.05, 0) is 17.7 Å². The summed E-state index contributed by atoms with van der Waals surface area (Å²) in [6.07, 6.45) is -4.69. The summed E-state index contributed by atoms with van der Waals surface area (Å²) in [4.78, 5) is 12.5. The molecule has 0 amide bonds. The summed E-state index contributed by atoms with van der Waals surface area (Å²) in [5, 5.41) is 9.06. The minimum Gasteiger partial charge on any atom is -0.480 e. The van der Waals surface area contributed by atoms with Crippen molar-refractivity contribution in [3.05, 3.63) is 35.1 Å². The number of carboxylic acid groups (broad SMARTS) is 1. The van der Waals surface area contributed by atoms with Crippen molar-refractivity contribution in [2.75, 3.05) is 19.8 Å². The highest BCUT2D eigenvalue weighted by Gasteiger charge is 2.36. The van der Waals surface area contributed by atoms with Gasteiger partial charge in [-0.1, -0.05) is 6.07 Å². The van der Waals surface area contributed by atoms with Crippen LogP contribution in [0.1, 0.15) is 11.1 Å². The lowest BCUT2D eigenvalue weighted by molar-refractivity contribution is -0.150. The maximum absolute atomic E-state index is 13.0. The lowest BCUT2D eigenvalue weighted by atomic mass is 10.0. The zero-order chi connectivity index (χ0) is 15.6. The van der Waals surface area contributed by atoms with Gasteiger partial charge in [0.25, 0.3) is 0 Å².